The fourth-order valence-electron chi connectivity index (χ4n) is 1.06. The zero-order valence-corrected chi connectivity index (χ0v) is 7.12. The Kier molecular flexibility index (Phi) is 3.55. The molecule has 0 aromatic carbocycles. The molecule has 4 N–H and O–H groups in total. The van der Waals surface area contributed by atoms with Crippen LogP contribution in [0.25, 0.3) is 0 Å². The van der Waals surface area contributed by atoms with E-state index in [0.717, 1.165) is 26.0 Å². The van der Waals surface area contributed by atoms with Crippen molar-refractivity contribution in [1.29, 1.82) is 0 Å². The van der Waals surface area contributed by atoms with Crippen LogP contribution >= 0.6 is 12.2 Å². The highest BCUT2D eigenvalue weighted by Gasteiger charge is 2.14. The largest absolute Gasteiger partial charge is 0.376 e. The molecule has 11 heavy (non-hydrogen) atoms. The smallest absolute Gasteiger partial charge is 0.180 e. The summed E-state index contributed by atoms with van der Waals surface area (Å²) in [5, 5.41) is 3.42. The Bertz CT molecular complexity index is 136. The van der Waals surface area contributed by atoms with Crippen molar-refractivity contribution >= 4 is 17.3 Å². The Morgan fingerprint density at radius 3 is 3.09 bits per heavy atom. The molecule has 5 heteroatoms. The number of ether oxygens (including phenoxy) is 1. The van der Waals surface area contributed by atoms with Crippen LogP contribution in [0.1, 0.15) is 12.8 Å². The fraction of sp³-hybridized carbons (Fsp3) is 0.833. The topological polar surface area (TPSA) is 59.3 Å². The number of rotatable bonds is 2. The Morgan fingerprint density at radius 2 is 2.55 bits per heavy atom. The van der Waals surface area contributed by atoms with Gasteiger partial charge in [0.2, 0.25) is 0 Å². The minimum atomic E-state index is 0.307. The van der Waals surface area contributed by atoms with Gasteiger partial charge in [0.25, 0.3) is 0 Å². The van der Waals surface area contributed by atoms with Gasteiger partial charge in [-0.3, -0.25) is 0 Å². The van der Waals surface area contributed by atoms with Crippen LogP contribution in [-0.2, 0) is 4.74 Å². The molecule has 0 amide bonds. The van der Waals surface area contributed by atoms with Crippen LogP contribution in [0, 0.1) is 0 Å². The van der Waals surface area contributed by atoms with Crippen molar-refractivity contribution in [2.45, 2.75) is 18.9 Å². The van der Waals surface area contributed by atoms with Crippen LogP contribution in [0.2, 0.25) is 0 Å². The molecule has 0 aliphatic carbocycles. The minimum Gasteiger partial charge on any atom is -0.376 e. The third-order valence-corrected chi connectivity index (χ3v) is 1.91. The quantitative estimate of drug-likeness (QED) is 0.300. The Labute approximate surface area is 71.4 Å². The zero-order chi connectivity index (χ0) is 8.10. The van der Waals surface area contributed by atoms with Crippen molar-refractivity contribution in [3.63, 3.8) is 0 Å². The van der Waals surface area contributed by atoms with Gasteiger partial charge in [0.05, 0.1) is 6.10 Å². The Hall–Kier alpha value is -0.390. The summed E-state index contributed by atoms with van der Waals surface area (Å²) in [6, 6.07) is 0. The van der Waals surface area contributed by atoms with Crippen molar-refractivity contribution in [2.24, 2.45) is 5.84 Å². The van der Waals surface area contributed by atoms with Gasteiger partial charge in [-0.05, 0) is 25.1 Å². The van der Waals surface area contributed by atoms with Gasteiger partial charge >= 0.3 is 0 Å². The maximum Gasteiger partial charge on any atom is 0.180 e. The summed E-state index contributed by atoms with van der Waals surface area (Å²) in [6.07, 6.45) is 2.57. The van der Waals surface area contributed by atoms with Gasteiger partial charge in [-0.25, -0.2) is 5.84 Å². The molecule has 1 aliphatic heterocycles. The number of nitrogens with one attached hydrogen (secondary N) is 2. The van der Waals surface area contributed by atoms with E-state index in [2.05, 4.69) is 10.7 Å². The van der Waals surface area contributed by atoms with E-state index in [-0.39, 0.29) is 0 Å². The van der Waals surface area contributed by atoms with Crippen LogP contribution in [-0.4, -0.2) is 24.4 Å². The lowest BCUT2D eigenvalue weighted by Crippen LogP contribution is -2.42. The van der Waals surface area contributed by atoms with Crippen molar-refractivity contribution in [1.82, 2.24) is 10.7 Å². The molecule has 0 unspecified atom stereocenters. The summed E-state index contributed by atoms with van der Waals surface area (Å²) in [4.78, 5) is 0. The molecular weight excluding hydrogens is 162 g/mol. The van der Waals surface area contributed by atoms with Gasteiger partial charge in [-0.1, -0.05) is 0 Å². The lowest BCUT2D eigenvalue weighted by Gasteiger charge is -2.11. The Morgan fingerprint density at radius 1 is 1.73 bits per heavy atom. The van der Waals surface area contributed by atoms with Gasteiger partial charge in [-0.15, -0.1) is 0 Å². The SMILES string of the molecule is NNC(=S)NC[C@@H]1CCCO1. The maximum absolute atomic E-state index is 5.36. The maximum atomic E-state index is 5.36. The summed E-state index contributed by atoms with van der Waals surface area (Å²) in [7, 11) is 0. The first kappa shape index (κ1) is 8.70. The predicted molar refractivity (Wildman–Crippen MR) is 46.9 cm³/mol. The molecule has 1 rings (SSSR count). The molecule has 0 aromatic heterocycles. The highest BCUT2D eigenvalue weighted by molar-refractivity contribution is 7.80. The first-order valence-electron chi connectivity index (χ1n) is 3.69. The first-order valence-corrected chi connectivity index (χ1v) is 4.10. The molecule has 0 bridgehead atoms. The molecule has 0 radical (unpaired) electrons. The zero-order valence-electron chi connectivity index (χ0n) is 6.30. The average molecular weight is 175 g/mol. The molecule has 64 valence electrons. The lowest BCUT2D eigenvalue weighted by molar-refractivity contribution is 0.114. The fourth-order valence-corrected chi connectivity index (χ4v) is 1.15. The lowest BCUT2D eigenvalue weighted by atomic mass is 10.2. The summed E-state index contributed by atoms with van der Waals surface area (Å²) < 4.78 is 5.36. The van der Waals surface area contributed by atoms with Crippen molar-refractivity contribution in [3.8, 4) is 0 Å². The van der Waals surface area contributed by atoms with Crippen molar-refractivity contribution in [3.05, 3.63) is 0 Å². The number of hydrazine groups is 1. The molecule has 0 saturated carbocycles. The summed E-state index contributed by atoms with van der Waals surface area (Å²) in [6.45, 7) is 1.62. The Balaban J connectivity index is 2.06. The van der Waals surface area contributed by atoms with E-state index >= 15 is 0 Å². The average Bonchev–Trinajstić information content (AvgIpc) is 2.52. The van der Waals surface area contributed by atoms with Crippen LogP contribution in [0.4, 0.5) is 0 Å². The van der Waals surface area contributed by atoms with E-state index < -0.39 is 0 Å². The third kappa shape index (κ3) is 3.00. The van der Waals surface area contributed by atoms with Crippen molar-refractivity contribution < 1.29 is 4.74 Å². The van der Waals surface area contributed by atoms with Crippen LogP contribution in [0.15, 0.2) is 0 Å². The molecule has 1 heterocycles. The van der Waals surface area contributed by atoms with E-state index in [0.29, 0.717) is 11.2 Å². The molecular formula is C6H13N3OS. The summed E-state index contributed by atoms with van der Waals surface area (Å²) in [5.41, 5.74) is 2.35. The third-order valence-electron chi connectivity index (χ3n) is 1.65. The van der Waals surface area contributed by atoms with E-state index in [1.807, 2.05) is 0 Å². The molecule has 1 saturated heterocycles. The second kappa shape index (κ2) is 4.48. The highest BCUT2D eigenvalue weighted by atomic mass is 32.1. The number of nitrogens with two attached hydrogens (primary N) is 1. The van der Waals surface area contributed by atoms with Gasteiger partial charge in [0.1, 0.15) is 0 Å². The van der Waals surface area contributed by atoms with Crippen LogP contribution < -0.4 is 16.6 Å². The normalized spacial score (nSPS) is 23.2. The molecule has 1 fully saturated rings. The number of hydrogen-bond acceptors (Lipinski definition) is 3. The van der Waals surface area contributed by atoms with Gasteiger partial charge in [-0.2, -0.15) is 0 Å². The molecule has 0 spiro atoms. The summed E-state index contributed by atoms with van der Waals surface area (Å²) >= 11 is 4.79. The predicted octanol–water partition coefficient (Wildman–Crippen LogP) is -0.497. The van der Waals surface area contributed by atoms with Gasteiger partial charge in [0, 0.05) is 13.2 Å². The van der Waals surface area contributed by atoms with E-state index in [4.69, 9.17) is 22.8 Å². The molecule has 1 aliphatic rings. The summed E-state index contributed by atoms with van der Waals surface area (Å²) in [5.74, 6) is 5.06. The van der Waals surface area contributed by atoms with Gasteiger partial charge in [0.15, 0.2) is 5.11 Å². The van der Waals surface area contributed by atoms with E-state index in [1.165, 1.54) is 0 Å². The molecule has 0 aromatic rings. The van der Waals surface area contributed by atoms with Crippen molar-refractivity contribution in [2.75, 3.05) is 13.2 Å². The minimum absolute atomic E-state index is 0.307. The van der Waals surface area contributed by atoms with Gasteiger partial charge < -0.3 is 15.5 Å². The van der Waals surface area contributed by atoms with E-state index in [9.17, 15) is 0 Å². The standard InChI is InChI=1S/C6H13N3OS/c7-9-6(11)8-4-5-2-1-3-10-5/h5H,1-4,7H2,(H2,8,9,11)/t5-/m0/s1. The molecule has 1 atom stereocenters. The second-order valence-corrected chi connectivity index (χ2v) is 2.90. The highest BCUT2D eigenvalue weighted by Crippen LogP contribution is 2.10. The van der Waals surface area contributed by atoms with Crippen LogP contribution in [0.3, 0.4) is 0 Å². The van der Waals surface area contributed by atoms with Crippen LogP contribution in [0.5, 0.6) is 0 Å². The van der Waals surface area contributed by atoms with E-state index in [1.54, 1.807) is 0 Å². The number of hydrogen-bond donors (Lipinski definition) is 3. The monoisotopic (exact) mass is 175 g/mol. The second-order valence-electron chi connectivity index (χ2n) is 2.49. The number of thiocarbonyl (C=S) groups is 1. The molecule has 4 nitrogen and oxygen atoms in total. The first-order chi connectivity index (χ1) is 5.33.